The number of aromatic hydroxyl groups is 1. The molecule has 0 radical (unpaired) electrons. The summed E-state index contributed by atoms with van der Waals surface area (Å²) in [5, 5.41) is 12.5. The first-order chi connectivity index (χ1) is 11.2. The molecule has 0 saturated carbocycles. The summed E-state index contributed by atoms with van der Waals surface area (Å²) in [5.41, 5.74) is 0.975. The average Bonchev–Trinajstić information content (AvgIpc) is 2.58. The summed E-state index contributed by atoms with van der Waals surface area (Å²) in [7, 11) is 0. The Labute approximate surface area is 136 Å². The molecule has 3 rings (SSSR count). The molecule has 1 heterocycles. The van der Waals surface area contributed by atoms with Crippen molar-refractivity contribution in [2.45, 2.75) is 26.3 Å². The summed E-state index contributed by atoms with van der Waals surface area (Å²) in [5.74, 6) is 0.247. The molecule has 1 aliphatic rings. The molecular weight excluding hydrogens is 290 g/mol. The first-order valence-electron chi connectivity index (χ1n) is 8.39. The molecule has 23 heavy (non-hydrogen) atoms. The Morgan fingerprint density at radius 1 is 1.30 bits per heavy atom. The van der Waals surface area contributed by atoms with E-state index < -0.39 is 0 Å². The number of piperidine rings is 1. The number of ether oxygens (including phenoxy) is 1. The van der Waals surface area contributed by atoms with Crippen LogP contribution < -0.4 is 4.90 Å². The van der Waals surface area contributed by atoms with Gasteiger partial charge in [-0.3, -0.25) is 4.79 Å². The van der Waals surface area contributed by atoms with Gasteiger partial charge in [-0.05, 0) is 36.6 Å². The predicted octanol–water partition coefficient (Wildman–Crippen LogP) is 1.90. The topological polar surface area (TPSA) is 51.0 Å². The van der Waals surface area contributed by atoms with Gasteiger partial charge in [-0.1, -0.05) is 30.3 Å². The molecule has 122 valence electrons. The predicted molar refractivity (Wildman–Crippen MR) is 89.4 cm³/mol. The third kappa shape index (κ3) is 3.48. The standard InChI is InChI=1S/C19H23NO3/c1-2-23-19(22)15-7-5-11-20(12-15)13-17-16-8-4-3-6-14(16)9-10-18(17)21/h3-4,6,8-10,15,21H,2,5,7,11-13H2,1H3/p+1/t15-/m1/s1. The maximum atomic E-state index is 12.0. The van der Waals surface area contributed by atoms with Crippen LogP contribution in [0.2, 0.25) is 0 Å². The zero-order valence-corrected chi connectivity index (χ0v) is 13.5. The van der Waals surface area contributed by atoms with Crippen molar-refractivity contribution in [1.82, 2.24) is 0 Å². The molecule has 0 aliphatic carbocycles. The second kappa shape index (κ2) is 7.01. The average molecular weight is 314 g/mol. The Morgan fingerprint density at radius 2 is 2.13 bits per heavy atom. The van der Waals surface area contributed by atoms with Gasteiger partial charge in [-0.25, -0.2) is 0 Å². The number of carbonyl (C=O) groups excluding carboxylic acids is 1. The number of hydrogen-bond acceptors (Lipinski definition) is 3. The Kier molecular flexibility index (Phi) is 4.82. The Bertz CT molecular complexity index is 698. The van der Waals surface area contributed by atoms with Crippen LogP contribution in [-0.4, -0.2) is 30.8 Å². The summed E-state index contributed by atoms with van der Waals surface area (Å²) in [4.78, 5) is 13.3. The molecule has 1 unspecified atom stereocenters. The number of quaternary nitrogens is 1. The van der Waals surface area contributed by atoms with Crippen LogP contribution in [0, 0.1) is 5.92 Å². The fourth-order valence-electron chi connectivity index (χ4n) is 3.53. The van der Waals surface area contributed by atoms with E-state index in [0.717, 1.165) is 48.8 Å². The number of fused-ring (bicyclic) bond motifs is 1. The number of phenolic OH excluding ortho intramolecular Hbond substituents is 1. The van der Waals surface area contributed by atoms with Gasteiger partial charge in [0.05, 0.1) is 25.3 Å². The fraction of sp³-hybridized carbons (Fsp3) is 0.421. The van der Waals surface area contributed by atoms with Gasteiger partial charge >= 0.3 is 5.97 Å². The lowest BCUT2D eigenvalue weighted by Gasteiger charge is -2.29. The van der Waals surface area contributed by atoms with E-state index in [-0.39, 0.29) is 11.9 Å². The van der Waals surface area contributed by atoms with E-state index in [2.05, 4.69) is 12.1 Å². The van der Waals surface area contributed by atoms with E-state index in [0.29, 0.717) is 12.4 Å². The molecule has 1 aliphatic heterocycles. The molecule has 0 aromatic heterocycles. The van der Waals surface area contributed by atoms with Gasteiger partial charge in [0, 0.05) is 0 Å². The molecular formula is C19H24NO3+. The first-order valence-corrected chi connectivity index (χ1v) is 8.39. The maximum Gasteiger partial charge on any atom is 0.314 e. The highest BCUT2D eigenvalue weighted by atomic mass is 16.5. The van der Waals surface area contributed by atoms with Gasteiger partial charge in [-0.15, -0.1) is 0 Å². The van der Waals surface area contributed by atoms with Gasteiger partial charge < -0.3 is 14.7 Å². The number of nitrogens with one attached hydrogen (secondary N) is 1. The van der Waals surface area contributed by atoms with Crippen molar-refractivity contribution in [2.24, 2.45) is 5.92 Å². The second-order valence-corrected chi connectivity index (χ2v) is 6.26. The highest BCUT2D eigenvalue weighted by Crippen LogP contribution is 2.26. The van der Waals surface area contributed by atoms with Crippen molar-refractivity contribution in [3.05, 3.63) is 42.0 Å². The maximum absolute atomic E-state index is 12.0. The van der Waals surface area contributed by atoms with E-state index in [4.69, 9.17) is 4.74 Å². The van der Waals surface area contributed by atoms with Crippen molar-refractivity contribution in [3.63, 3.8) is 0 Å². The molecule has 0 spiro atoms. The number of esters is 1. The van der Waals surface area contributed by atoms with E-state index in [1.807, 2.05) is 25.1 Å². The van der Waals surface area contributed by atoms with Crippen LogP contribution in [0.15, 0.2) is 36.4 Å². The Morgan fingerprint density at radius 3 is 2.96 bits per heavy atom. The minimum atomic E-state index is -0.0770. The molecule has 2 aromatic carbocycles. The number of benzene rings is 2. The van der Waals surface area contributed by atoms with Crippen molar-refractivity contribution in [3.8, 4) is 5.75 Å². The lowest BCUT2D eigenvalue weighted by atomic mass is 9.96. The molecule has 1 saturated heterocycles. The summed E-state index contributed by atoms with van der Waals surface area (Å²) < 4.78 is 5.17. The third-order valence-electron chi connectivity index (χ3n) is 4.68. The smallest absolute Gasteiger partial charge is 0.314 e. The van der Waals surface area contributed by atoms with E-state index in [9.17, 15) is 9.90 Å². The van der Waals surface area contributed by atoms with Crippen LogP contribution in [0.25, 0.3) is 10.8 Å². The van der Waals surface area contributed by atoms with Crippen molar-refractivity contribution < 1.29 is 19.5 Å². The summed E-state index contributed by atoms with van der Waals surface area (Å²) >= 11 is 0. The minimum Gasteiger partial charge on any atom is -0.507 e. The zero-order valence-electron chi connectivity index (χ0n) is 13.5. The minimum absolute atomic E-state index is 0.0178. The Hall–Kier alpha value is -2.07. The fourth-order valence-corrected chi connectivity index (χ4v) is 3.53. The van der Waals surface area contributed by atoms with E-state index >= 15 is 0 Å². The van der Waals surface area contributed by atoms with Gasteiger partial charge in [0.15, 0.2) is 0 Å². The zero-order chi connectivity index (χ0) is 16.2. The lowest BCUT2D eigenvalue weighted by Crippen LogP contribution is -3.12. The molecule has 2 atom stereocenters. The van der Waals surface area contributed by atoms with E-state index in [1.165, 1.54) is 4.90 Å². The van der Waals surface area contributed by atoms with Crippen molar-refractivity contribution in [1.29, 1.82) is 0 Å². The van der Waals surface area contributed by atoms with Crippen LogP contribution in [0.4, 0.5) is 0 Å². The first kappa shape index (κ1) is 15.8. The molecule has 2 N–H and O–H groups in total. The van der Waals surface area contributed by atoms with Gasteiger partial charge in [0.2, 0.25) is 0 Å². The van der Waals surface area contributed by atoms with Crippen LogP contribution in [0.3, 0.4) is 0 Å². The number of hydrogen-bond donors (Lipinski definition) is 2. The van der Waals surface area contributed by atoms with Crippen molar-refractivity contribution in [2.75, 3.05) is 19.7 Å². The number of likely N-dealkylation sites (tertiary alicyclic amines) is 1. The summed E-state index contributed by atoms with van der Waals surface area (Å²) in [6.45, 7) is 4.83. The molecule has 4 nitrogen and oxygen atoms in total. The normalized spacial score (nSPS) is 21.3. The van der Waals surface area contributed by atoms with Gasteiger partial charge in [-0.2, -0.15) is 0 Å². The van der Waals surface area contributed by atoms with Gasteiger partial charge in [0.25, 0.3) is 0 Å². The van der Waals surface area contributed by atoms with E-state index in [1.54, 1.807) is 6.07 Å². The van der Waals surface area contributed by atoms with Crippen LogP contribution in [0.5, 0.6) is 5.75 Å². The highest BCUT2D eigenvalue weighted by molar-refractivity contribution is 5.87. The lowest BCUT2D eigenvalue weighted by molar-refractivity contribution is -0.921. The number of rotatable bonds is 4. The van der Waals surface area contributed by atoms with Crippen LogP contribution in [0.1, 0.15) is 25.3 Å². The number of carbonyl (C=O) groups is 1. The highest BCUT2D eigenvalue weighted by Gasteiger charge is 2.30. The third-order valence-corrected chi connectivity index (χ3v) is 4.68. The Balaban J connectivity index is 1.79. The molecule has 4 heteroatoms. The van der Waals surface area contributed by atoms with Crippen molar-refractivity contribution >= 4 is 16.7 Å². The molecule has 0 amide bonds. The second-order valence-electron chi connectivity index (χ2n) is 6.26. The van der Waals surface area contributed by atoms with Crippen LogP contribution >= 0.6 is 0 Å². The molecule has 1 fully saturated rings. The quantitative estimate of drug-likeness (QED) is 0.848. The SMILES string of the molecule is CCOC(=O)[C@@H]1CCC[NH+](Cc2c(O)ccc3ccccc23)C1. The summed E-state index contributed by atoms with van der Waals surface area (Å²) in [6, 6.07) is 11.8. The monoisotopic (exact) mass is 314 g/mol. The van der Waals surface area contributed by atoms with Crippen LogP contribution in [-0.2, 0) is 16.1 Å². The van der Waals surface area contributed by atoms with Gasteiger partial charge in [0.1, 0.15) is 18.2 Å². The molecule has 0 bridgehead atoms. The number of phenols is 1. The largest absolute Gasteiger partial charge is 0.507 e. The molecule has 2 aromatic rings. The summed E-state index contributed by atoms with van der Waals surface area (Å²) in [6.07, 6.45) is 1.92.